The minimum Gasteiger partial charge on any atom is -0.334 e. The summed E-state index contributed by atoms with van der Waals surface area (Å²) >= 11 is 0. The van der Waals surface area contributed by atoms with Crippen LogP contribution in [0.4, 0.5) is 5.69 Å². The second-order valence-electron chi connectivity index (χ2n) is 4.10. The van der Waals surface area contributed by atoms with Crippen LogP contribution in [0, 0.1) is 17.0 Å². The van der Waals surface area contributed by atoms with E-state index in [0.29, 0.717) is 17.8 Å². The van der Waals surface area contributed by atoms with Crippen LogP contribution in [0.1, 0.15) is 11.4 Å². The Balaban J connectivity index is 2.41. The Hall–Kier alpha value is -2.28. The molecule has 0 unspecified atom stereocenters. The lowest BCUT2D eigenvalue weighted by Crippen LogP contribution is -2.11. The van der Waals surface area contributed by atoms with Crippen LogP contribution in [0.15, 0.2) is 22.7 Å². The van der Waals surface area contributed by atoms with Gasteiger partial charge in [0.25, 0.3) is 11.6 Å². The molecular formula is C12H14N4O3. The van der Waals surface area contributed by atoms with Crippen molar-refractivity contribution in [3.8, 4) is 11.5 Å². The molecule has 0 fully saturated rings. The maximum Gasteiger partial charge on any atom is 0.282 e. The number of nitro groups is 1. The zero-order chi connectivity index (χ0) is 13.8. The molecular weight excluding hydrogens is 248 g/mol. The lowest BCUT2D eigenvalue weighted by Gasteiger charge is -2.01. The Kier molecular flexibility index (Phi) is 3.86. The Labute approximate surface area is 109 Å². The fourth-order valence-corrected chi connectivity index (χ4v) is 1.78. The summed E-state index contributed by atoms with van der Waals surface area (Å²) in [5.41, 5.74) is 1.09. The predicted molar refractivity (Wildman–Crippen MR) is 68.8 cm³/mol. The number of nitrogens with one attached hydrogen (secondary N) is 1. The van der Waals surface area contributed by atoms with E-state index in [4.69, 9.17) is 4.52 Å². The summed E-state index contributed by atoms with van der Waals surface area (Å²) in [7, 11) is 1.83. The maximum atomic E-state index is 11.0. The Morgan fingerprint density at radius 2 is 2.26 bits per heavy atom. The molecule has 0 saturated carbocycles. The van der Waals surface area contributed by atoms with Crippen molar-refractivity contribution in [3.05, 3.63) is 39.7 Å². The zero-order valence-electron chi connectivity index (χ0n) is 10.7. The van der Waals surface area contributed by atoms with Crippen LogP contribution < -0.4 is 5.32 Å². The van der Waals surface area contributed by atoms with E-state index in [1.165, 1.54) is 6.07 Å². The third-order valence-electron chi connectivity index (χ3n) is 2.73. The minimum absolute atomic E-state index is 0.0242. The van der Waals surface area contributed by atoms with Gasteiger partial charge >= 0.3 is 0 Å². The molecule has 0 amide bonds. The van der Waals surface area contributed by atoms with Crippen LogP contribution >= 0.6 is 0 Å². The SMILES string of the molecule is CNCCc1noc(-c2c(C)cccc2[N+](=O)[O-])n1. The minimum atomic E-state index is -0.445. The van der Waals surface area contributed by atoms with Crippen molar-refractivity contribution in [1.82, 2.24) is 15.5 Å². The Morgan fingerprint density at radius 1 is 1.47 bits per heavy atom. The van der Waals surface area contributed by atoms with Gasteiger partial charge in [0.1, 0.15) is 5.56 Å². The number of rotatable bonds is 5. The molecule has 7 nitrogen and oxygen atoms in total. The average Bonchev–Trinajstić information content (AvgIpc) is 2.84. The molecule has 0 spiro atoms. The van der Waals surface area contributed by atoms with Gasteiger partial charge in [-0.05, 0) is 19.5 Å². The highest BCUT2D eigenvalue weighted by Crippen LogP contribution is 2.31. The normalized spacial score (nSPS) is 10.6. The first-order chi connectivity index (χ1) is 9.13. The summed E-state index contributed by atoms with van der Waals surface area (Å²) in [6.45, 7) is 2.49. The average molecular weight is 262 g/mol. The van der Waals surface area contributed by atoms with E-state index in [1.807, 2.05) is 7.05 Å². The van der Waals surface area contributed by atoms with Crippen LogP contribution in [-0.2, 0) is 6.42 Å². The molecule has 0 aliphatic heterocycles. The summed E-state index contributed by atoms with van der Waals surface area (Å²) in [6, 6.07) is 4.84. The molecule has 7 heteroatoms. The van der Waals surface area contributed by atoms with Gasteiger partial charge in [-0.2, -0.15) is 4.98 Å². The second-order valence-corrected chi connectivity index (χ2v) is 4.10. The molecule has 0 saturated heterocycles. The molecule has 100 valence electrons. The van der Waals surface area contributed by atoms with E-state index in [9.17, 15) is 10.1 Å². The highest BCUT2D eigenvalue weighted by molar-refractivity contribution is 5.70. The number of aromatic nitrogens is 2. The standard InChI is InChI=1S/C12H14N4O3/c1-8-4-3-5-9(16(17)18)11(8)12-14-10(15-19-12)6-7-13-2/h3-5,13H,6-7H2,1-2H3. The molecule has 0 atom stereocenters. The van der Waals surface area contributed by atoms with Crippen LogP contribution in [0.2, 0.25) is 0 Å². The molecule has 2 aromatic rings. The van der Waals surface area contributed by atoms with Crippen molar-refractivity contribution in [3.63, 3.8) is 0 Å². The molecule has 0 radical (unpaired) electrons. The lowest BCUT2D eigenvalue weighted by molar-refractivity contribution is -0.384. The summed E-state index contributed by atoms with van der Waals surface area (Å²) in [5, 5.41) is 17.8. The molecule has 1 aromatic heterocycles. The van der Waals surface area contributed by atoms with E-state index >= 15 is 0 Å². The van der Waals surface area contributed by atoms with Crippen LogP contribution in [-0.4, -0.2) is 28.7 Å². The first kappa shape index (κ1) is 13.2. The van der Waals surface area contributed by atoms with Gasteiger partial charge in [-0.1, -0.05) is 17.3 Å². The largest absolute Gasteiger partial charge is 0.334 e. The molecule has 1 N–H and O–H groups in total. The summed E-state index contributed by atoms with van der Waals surface area (Å²) in [6.07, 6.45) is 0.611. The summed E-state index contributed by atoms with van der Waals surface area (Å²) in [5.74, 6) is 0.720. The third kappa shape index (κ3) is 2.76. The Bertz CT molecular complexity index is 594. The van der Waals surface area contributed by atoms with Gasteiger partial charge in [0.15, 0.2) is 5.82 Å². The number of nitrogens with zero attached hydrogens (tertiary/aromatic N) is 3. The number of hydrogen-bond donors (Lipinski definition) is 1. The number of hydrogen-bond acceptors (Lipinski definition) is 6. The molecule has 0 bridgehead atoms. The fourth-order valence-electron chi connectivity index (χ4n) is 1.78. The lowest BCUT2D eigenvalue weighted by atomic mass is 10.1. The van der Waals surface area contributed by atoms with E-state index in [2.05, 4.69) is 15.5 Å². The van der Waals surface area contributed by atoms with Gasteiger partial charge in [-0.25, -0.2) is 0 Å². The van der Waals surface area contributed by atoms with Crippen molar-refractivity contribution in [1.29, 1.82) is 0 Å². The predicted octanol–water partition coefficient (Wildman–Crippen LogP) is 1.72. The molecule has 2 rings (SSSR count). The molecule has 0 aliphatic rings. The first-order valence-electron chi connectivity index (χ1n) is 5.85. The topological polar surface area (TPSA) is 94.1 Å². The third-order valence-corrected chi connectivity index (χ3v) is 2.73. The van der Waals surface area contributed by atoms with E-state index in [1.54, 1.807) is 19.1 Å². The molecule has 19 heavy (non-hydrogen) atoms. The van der Waals surface area contributed by atoms with Crippen molar-refractivity contribution in [2.45, 2.75) is 13.3 Å². The van der Waals surface area contributed by atoms with Crippen molar-refractivity contribution >= 4 is 5.69 Å². The van der Waals surface area contributed by atoms with E-state index in [0.717, 1.165) is 12.1 Å². The van der Waals surface area contributed by atoms with Crippen molar-refractivity contribution in [2.75, 3.05) is 13.6 Å². The smallest absolute Gasteiger partial charge is 0.282 e. The van der Waals surface area contributed by atoms with Gasteiger partial charge in [0, 0.05) is 19.0 Å². The van der Waals surface area contributed by atoms with Gasteiger partial charge in [0.05, 0.1) is 4.92 Å². The van der Waals surface area contributed by atoms with Crippen molar-refractivity contribution < 1.29 is 9.45 Å². The van der Waals surface area contributed by atoms with Gasteiger partial charge < -0.3 is 9.84 Å². The quantitative estimate of drug-likeness (QED) is 0.651. The monoisotopic (exact) mass is 262 g/mol. The first-order valence-corrected chi connectivity index (χ1v) is 5.85. The van der Waals surface area contributed by atoms with Crippen LogP contribution in [0.25, 0.3) is 11.5 Å². The van der Waals surface area contributed by atoms with E-state index in [-0.39, 0.29) is 11.6 Å². The van der Waals surface area contributed by atoms with E-state index < -0.39 is 4.92 Å². The highest BCUT2D eigenvalue weighted by atomic mass is 16.6. The highest BCUT2D eigenvalue weighted by Gasteiger charge is 2.22. The summed E-state index contributed by atoms with van der Waals surface area (Å²) in [4.78, 5) is 14.8. The number of likely N-dealkylation sites (N-methyl/N-ethyl adjacent to an activating group) is 1. The van der Waals surface area contributed by atoms with Crippen LogP contribution in [0.5, 0.6) is 0 Å². The molecule has 0 aliphatic carbocycles. The molecule has 1 aromatic carbocycles. The molecule has 1 heterocycles. The van der Waals surface area contributed by atoms with Gasteiger partial charge in [0.2, 0.25) is 0 Å². The van der Waals surface area contributed by atoms with Crippen LogP contribution in [0.3, 0.4) is 0 Å². The van der Waals surface area contributed by atoms with Gasteiger partial charge in [-0.3, -0.25) is 10.1 Å². The van der Waals surface area contributed by atoms with Gasteiger partial charge in [-0.15, -0.1) is 0 Å². The maximum absolute atomic E-state index is 11.0. The number of nitro benzene ring substituents is 1. The summed E-state index contributed by atoms with van der Waals surface area (Å²) < 4.78 is 5.13. The fraction of sp³-hybridized carbons (Fsp3) is 0.333. The Morgan fingerprint density at radius 3 is 2.95 bits per heavy atom. The number of aryl methyl sites for hydroxylation is 1. The second kappa shape index (κ2) is 5.57. The zero-order valence-corrected chi connectivity index (χ0v) is 10.7. The number of benzene rings is 1. The van der Waals surface area contributed by atoms with Crippen molar-refractivity contribution in [2.24, 2.45) is 0 Å².